The third-order valence-electron chi connectivity index (χ3n) is 3.02. The second kappa shape index (κ2) is 5.12. The molecule has 94 valence electrons. The zero-order chi connectivity index (χ0) is 12.4. The zero-order valence-corrected chi connectivity index (χ0v) is 10.4. The van der Waals surface area contributed by atoms with E-state index in [1.54, 1.807) is 6.92 Å². The highest BCUT2D eigenvalue weighted by Gasteiger charge is 2.20. The first kappa shape index (κ1) is 12.5. The molecule has 0 atom stereocenters. The summed E-state index contributed by atoms with van der Waals surface area (Å²) in [6.07, 6.45) is 1.39. The van der Waals surface area contributed by atoms with Gasteiger partial charge in [-0.25, -0.2) is 8.78 Å². The molecule has 1 aliphatic heterocycles. The number of rotatable bonds is 2. The molecule has 1 aromatic rings. The van der Waals surface area contributed by atoms with E-state index in [4.69, 9.17) is 0 Å². The predicted molar refractivity (Wildman–Crippen MR) is 65.6 cm³/mol. The molecule has 1 heterocycles. The van der Waals surface area contributed by atoms with Gasteiger partial charge in [-0.05, 0) is 31.4 Å². The highest BCUT2D eigenvalue weighted by atomic mass is 32.2. The van der Waals surface area contributed by atoms with Gasteiger partial charge in [0.2, 0.25) is 0 Å². The van der Waals surface area contributed by atoms with Crippen molar-refractivity contribution in [3.8, 4) is 0 Å². The lowest BCUT2D eigenvalue weighted by Gasteiger charge is -2.24. The third kappa shape index (κ3) is 2.83. The van der Waals surface area contributed by atoms with E-state index in [9.17, 15) is 13.0 Å². The van der Waals surface area contributed by atoms with Crippen LogP contribution >= 0.6 is 0 Å². The maximum Gasteiger partial charge on any atom is 0.152 e. The fraction of sp³-hybridized carbons (Fsp3) is 0.500. The summed E-state index contributed by atoms with van der Waals surface area (Å²) in [5, 5.41) is 2.89. The van der Waals surface area contributed by atoms with Crippen LogP contribution in [-0.2, 0) is 10.8 Å². The van der Waals surface area contributed by atoms with Gasteiger partial charge in [0.15, 0.2) is 5.82 Å². The summed E-state index contributed by atoms with van der Waals surface area (Å²) in [4.78, 5) is 0. The Kier molecular flexibility index (Phi) is 3.76. The summed E-state index contributed by atoms with van der Waals surface area (Å²) < 4.78 is 38.4. The Balaban J connectivity index is 2.13. The molecule has 0 spiro atoms. The van der Waals surface area contributed by atoms with Crippen LogP contribution < -0.4 is 5.32 Å². The maximum atomic E-state index is 13.7. The van der Waals surface area contributed by atoms with Crippen LogP contribution in [0.1, 0.15) is 18.4 Å². The second-order valence-electron chi connectivity index (χ2n) is 4.32. The molecule has 0 radical (unpaired) electrons. The predicted octanol–water partition coefficient (Wildman–Crippen LogP) is 2.60. The molecular weight excluding hydrogens is 244 g/mol. The molecule has 0 aliphatic carbocycles. The SMILES string of the molecule is Cc1ccc(F)c(NC2CCS(=O)CC2)c1F. The number of aryl methyl sites for hydroxylation is 1. The average Bonchev–Trinajstić information content (AvgIpc) is 2.32. The van der Waals surface area contributed by atoms with Crippen molar-refractivity contribution >= 4 is 16.5 Å². The van der Waals surface area contributed by atoms with Crippen molar-refractivity contribution in [3.05, 3.63) is 29.3 Å². The third-order valence-corrected chi connectivity index (χ3v) is 4.40. The number of halogens is 2. The Morgan fingerprint density at radius 1 is 1.29 bits per heavy atom. The molecule has 2 nitrogen and oxygen atoms in total. The van der Waals surface area contributed by atoms with E-state index in [1.807, 2.05) is 0 Å². The summed E-state index contributed by atoms with van der Waals surface area (Å²) in [5.41, 5.74) is 0.371. The Morgan fingerprint density at radius 2 is 1.94 bits per heavy atom. The van der Waals surface area contributed by atoms with Gasteiger partial charge in [-0.3, -0.25) is 4.21 Å². The van der Waals surface area contributed by atoms with Crippen LogP contribution in [0.15, 0.2) is 12.1 Å². The molecule has 1 aliphatic rings. The van der Waals surface area contributed by atoms with E-state index in [2.05, 4.69) is 5.32 Å². The van der Waals surface area contributed by atoms with Gasteiger partial charge < -0.3 is 5.32 Å². The van der Waals surface area contributed by atoms with E-state index in [0.29, 0.717) is 29.9 Å². The molecule has 1 saturated heterocycles. The highest BCUT2D eigenvalue weighted by Crippen LogP contribution is 2.24. The molecule has 5 heteroatoms. The number of anilines is 1. The standard InChI is InChI=1S/C12H15F2NOS/c1-8-2-3-10(13)12(11(8)14)15-9-4-6-17(16)7-5-9/h2-3,9,15H,4-7H2,1H3. The van der Waals surface area contributed by atoms with E-state index in [-0.39, 0.29) is 11.7 Å². The summed E-state index contributed by atoms with van der Waals surface area (Å²) in [6.45, 7) is 1.61. The lowest BCUT2D eigenvalue weighted by molar-refractivity contribution is 0.566. The molecule has 1 aromatic carbocycles. The van der Waals surface area contributed by atoms with Gasteiger partial charge >= 0.3 is 0 Å². The van der Waals surface area contributed by atoms with Crippen molar-refractivity contribution < 1.29 is 13.0 Å². The molecular formula is C12H15F2NOS. The van der Waals surface area contributed by atoms with Crippen LogP contribution in [0, 0.1) is 18.6 Å². The van der Waals surface area contributed by atoms with Gasteiger partial charge in [-0.1, -0.05) is 6.07 Å². The van der Waals surface area contributed by atoms with Gasteiger partial charge in [-0.2, -0.15) is 0 Å². The van der Waals surface area contributed by atoms with Crippen LogP contribution in [0.2, 0.25) is 0 Å². The summed E-state index contributed by atoms with van der Waals surface area (Å²) in [6, 6.07) is 2.70. The van der Waals surface area contributed by atoms with Gasteiger partial charge in [0.25, 0.3) is 0 Å². The van der Waals surface area contributed by atoms with Gasteiger partial charge in [-0.15, -0.1) is 0 Å². The van der Waals surface area contributed by atoms with E-state index in [1.165, 1.54) is 12.1 Å². The average molecular weight is 259 g/mol. The Labute approximate surface area is 102 Å². The molecule has 17 heavy (non-hydrogen) atoms. The van der Waals surface area contributed by atoms with Crippen molar-refractivity contribution in [1.82, 2.24) is 0 Å². The minimum Gasteiger partial charge on any atom is -0.377 e. The van der Waals surface area contributed by atoms with Crippen LogP contribution in [0.25, 0.3) is 0 Å². The Morgan fingerprint density at radius 3 is 2.59 bits per heavy atom. The summed E-state index contributed by atoms with van der Waals surface area (Å²) in [7, 11) is -0.761. The van der Waals surface area contributed by atoms with Crippen molar-refractivity contribution in [2.75, 3.05) is 16.8 Å². The lowest BCUT2D eigenvalue weighted by Crippen LogP contribution is -2.30. The summed E-state index contributed by atoms with van der Waals surface area (Å²) in [5.74, 6) is 0.107. The highest BCUT2D eigenvalue weighted by molar-refractivity contribution is 7.85. The van der Waals surface area contributed by atoms with Crippen LogP contribution in [0.3, 0.4) is 0 Å². The van der Waals surface area contributed by atoms with E-state index >= 15 is 0 Å². The number of hydrogen-bond acceptors (Lipinski definition) is 2. The minimum atomic E-state index is -0.761. The number of nitrogens with one attached hydrogen (secondary N) is 1. The second-order valence-corrected chi connectivity index (χ2v) is 6.02. The molecule has 0 unspecified atom stereocenters. The van der Waals surface area contributed by atoms with Crippen LogP contribution in [0.5, 0.6) is 0 Å². The molecule has 1 N–H and O–H groups in total. The first-order valence-corrected chi connectivity index (χ1v) is 7.13. The molecule has 2 rings (SSSR count). The molecule has 1 fully saturated rings. The van der Waals surface area contributed by atoms with Crippen molar-refractivity contribution in [2.45, 2.75) is 25.8 Å². The fourth-order valence-corrected chi connectivity index (χ4v) is 3.23. The fourth-order valence-electron chi connectivity index (χ4n) is 1.93. The minimum absolute atomic E-state index is 0.0125. The largest absolute Gasteiger partial charge is 0.377 e. The number of hydrogen-bond donors (Lipinski definition) is 1. The number of benzene rings is 1. The van der Waals surface area contributed by atoms with Crippen LogP contribution in [0.4, 0.5) is 14.5 Å². The van der Waals surface area contributed by atoms with Gasteiger partial charge in [0.1, 0.15) is 11.5 Å². The van der Waals surface area contributed by atoms with Crippen molar-refractivity contribution in [3.63, 3.8) is 0 Å². The first-order valence-electron chi connectivity index (χ1n) is 5.64. The lowest BCUT2D eigenvalue weighted by atomic mass is 10.1. The monoisotopic (exact) mass is 259 g/mol. The summed E-state index contributed by atoms with van der Waals surface area (Å²) >= 11 is 0. The van der Waals surface area contributed by atoms with E-state index in [0.717, 1.165) is 0 Å². The van der Waals surface area contributed by atoms with Gasteiger partial charge in [0, 0.05) is 28.3 Å². The smallest absolute Gasteiger partial charge is 0.152 e. The van der Waals surface area contributed by atoms with Crippen LogP contribution in [-0.4, -0.2) is 21.8 Å². The topological polar surface area (TPSA) is 29.1 Å². The molecule has 0 aromatic heterocycles. The quantitative estimate of drug-likeness (QED) is 0.884. The van der Waals surface area contributed by atoms with Gasteiger partial charge in [0.05, 0.1) is 0 Å². The normalized spacial score (nSPS) is 24.6. The zero-order valence-electron chi connectivity index (χ0n) is 9.63. The maximum absolute atomic E-state index is 13.7. The van der Waals surface area contributed by atoms with Crippen molar-refractivity contribution in [2.24, 2.45) is 0 Å². The van der Waals surface area contributed by atoms with E-state index < -0.39 is 22.4 Å². The molecule has 0 saturated carbocycles. The Hall–Kier alpha value is -0.970. The Bertz CT molecular complexity index is 440. The molecule has 0 amide bonds. The first-order chi connectivity index (χ1) is 8.08. The molecule has 0 bridgehead atoms. The van der Waals surface area contributed by atoms with Crippen molar-refractivity contribution in [1.29, 1.82) is 0 Å².